The summed E-state index contributed by atoms with van der Waals surface area (Å²) in [6, 6.07) is 0. The van der Waals surface area contributed by atoms with E-state index < -0.39 is 5.60 Å². The second-order valence-electron chi connectivity index (χ2n) is 8.41. The molecule has 0 saturated heterocycles. The zero-order chi connectivity index (χ0) is 15.6. The molecule has 4 bridgehead atoms. The molecule has 7 atom stereocenters. The van der Waals surface area contributed by atoms with Crippen molar-refractivity contribution in [2.24, 2.45) is 35.5 Å². The molecule has 120 valence electrons. The van der Waals surface area contributed by atoms with Gasteiger partial charge in [0.05, 0.1) is 0 Å². The van der Waals surface area contributed by atoms with Gasteiger partial charge in [0.2, 0.25) is 0 Å². The van der Waals surface area contributed by atoms with Crippen LogP contribution in [0.4, 0.5) is 0 Å². The third-order valence-corrected chi connectivity index (χ3v) is 7.09. The first-order chi connectivity index (χ1) is 10.4. The van der Waals surface area contributed by atoms with Crippen molar-refractivity contribution in [1.29, 1.82) is 0 Å². The van der Waals surface area contributed by atoms with Crippen molar-refractivity contribution >= 4 is 11.8 Å². The number of Topliss-reactive ketones (excluding diaryl/α,β-unsaturated/α-hetero) is 1. The Hall–Kier alpha value is -1.12. The number of esters is 1. The number of fused-ring (bicyclic) bond motifs is 9. The number of rotatable bonds is 4. The number of ketones is 1. The summed E-state index contributed by atoms with van der Waals surface area (Å²) in [6.07, 6.45) is 6.60. The van der Waals surface area contributed by atoms with Gasteiger partial charge in [-0.05, 0) is 75.5 Å². The molecule has 0 aliphatic heterocycles. The lowest BCUT2D eigenvalue weighted by Gasteiger charge is -2.45. The number of hydrogen-bond acceptors (Lipinski definition) is 3. The smallest absolute Gasteiger partial charge is 0.333 e. The molecule has 0 aromatic heterocycles. The van der Waals surface area contributed by atoms with E-state index in [9.17, 15) is 9.59 Å². The monoisotopic (exact) mass is 302 g/mol. The fourth-order valence-electron chi connectivity index (χ4n) is 6.75. The first-order valence-electron chi connectivity index (χ1n) is 8.79. The summed E-state index contributed by atoms with van der Waals surface area (Å²) in [6.45, 7) is 7.03. The van der Waals surface area contributed by atoms with Crippen LogP contribution in [0.5, 0.6) is 0 Å². The van der Waals surface area contributed by atoms with Crippen LogP contribution in [0.3, 0.4) is 0 Å². The SMILES string of the molecule is C=C(C)C(=O)OC1(CC(C)=O)CC2CC1C1C3CCC(C3)C21. The fraction of sp³-hybridized carbons (Fsp3) is 0.789. The van der Waals surface area contributed by atoms with Crippen LogP contribution >= 0.6 is 0 Å². The third-order valence-electron chi connectivity index (χ3n) is 7.09. The van der Waals surface area contributed by atoms with E-state index in [0.717, 1.165) is 24.2 Å². The van der Waals surface area contributed by atoms with Gasteiger partial charge >= 0.3 is 5.97 Å². The molecular formula is C19H26O3. The maximum Gasteiger partial charge on any atom is 0.333 e. The van der Waals surface area contributed by atoms with Crippen LogP contribution in [0, 0.1) is 35.5 Å². The quantitative estimate of drug-likeness (QED) is 0.453. The maximum atomic E-state index is 12.2. The van der Waals surface area contributed by atoms with Crippen LogP contribution in [0.25, 0.3) is 0 Å². The summed E-state index contributed by atoms with van der Waals surface area (Å²) >= 11 is 0. The van der Waals surface area contributed by atoms with Crippen molar-refractivity contribution < 1.29 is 14.3 Å². The van der Waals surface area contributed by atoms with E-state index in [4.69, 9.17) is 4.74 Å². The minimum absolute atomic E-state index is 0.141. The molecule has 0 amide bonds. The molecule has 4 saturated carbocycles. The molecule has 3 heteroatoms. The first-order valence-corrected chi connectivity index (χ1v) is 8.79. The molecule has 0 spiro atoms. The van der Waals surface area contributed by atoms with Crippen LogP contribution in [-0.2, 0) is 14.3 Å². The summed E-state index contributed by atoms with van der Waals surface area (Å²) in [7, 11) is 0. The summed E-state index contributed by atoms with van der Waals surface area (Å²) in [5.74, 6) is 4.20. The Balaban J connectivity index is 1.64. The lowest BCUT2D eigenvalue weighted by Crippen LogP contribution is -2.49. The van der Waals surface area contributed by atoms with Gasteiger partial charge in [-0.15, -0.1) is 0 Å². The van der Waals surface area contributed by atoms with E-state index in [1.807, 2.05) is 0 Å². The van der Waals surface area contributed by atoms with Gasteiger partial charge in [0.15, 0.2) is 0 Å². The molecule has 0 heterocycles. The Kier molecular flexibility index (Phi) is 3.08. The zero-order valence-electron chi connectivity index (χ0n) is 13.6. The second kappa shape index (κ2) is 4.69. The number of carbonyl (C=O) groups is 2. The van der Waals surface area contributed by atoms with Crippen molar-refractivity contribution in [2.75, 3.05) is 0 Å². The lowest BCUT2D eigenvalue weighted by molar-refractivity contribution is -0.169. The van der Waals surface area contributed by atoms with Gasteiger partial charge in [0, 0.05) is 17.9 Å². The largest absolute Gasteiger partial charge is 0.455 e. The Labute approximate surface area is 132 Å². The average Bonchev–Trinajstić information content (AvgIpc) is 3.14. The van der Waals surface area contributed by atoms with Gasteiger partial charge in [0.1, 0.15) is 11.4 Å². The molecular weight excluding hydrogens is 276 g/mol. The zero-order valence-corrected chi connectivity index (χ0v) is 13.6. The van der Waals surface area contributed by atoms with Crippen molar-refractivity contribution in [3.8, 4) is 0 Å². The Morgan fingerprint density at radius 1 is 1.09 bits per heavy atom. The molecule has 4 rings (SSSR count). The van der Waals surface area contributed by atoms with E-state index in [0.29, 0.717) is 29.7 Å². The van der Waals surface area contributed by atoms with E-state index in [1.54, 1.807) is 13.8 Å². The summed E-state index contributed by atoms with van der Waals surface area (Å²) < 4.78 is 5.96. The van der Waals surface area contributed by atoms with Crippen LogP contribution in [0.2, 0.25) is 0 Å². The van der Waals surface area contributed by atoms with E-state index >= 15 is 0 Å². The van der Waals surface area contributed by atoms with Crippen LogP contribution in [0.15, 0.2) is 12.2 Å². The van der Waals surface area contributed by atoms with Crippen LogP contribution < -0.4 is 0 Å². The highest BCUT2D eigenvalue weighted by Gasteiger charge is 2.68. The Morgan fingerprint density at radius 2 is 1.77 bits per heavy atom. The van der Waals surface area contributed by atoms with E-state index in [1.165, 1.54) is 25.7 Å². The van der Waals surface area contributed by atoms with Crippen LogP contribution in [-0.4, -0.2) is 17.4 Å². The topological polar surface area (TPSA) is 43.4 Å². The van der Waals surface area contributed by atoms with Gasteiger partial charge in [0.25, 0.3) is 0 Å². The molecule has 0 radical (unpaired) electrons. The number of ether oxygens (including phenoxy) is 1. The molecule has 0 aromatic carbocycles. The van der Waals surface area contributed by atoms with Crippen molar-refractivity contribution in [3.63, 3.8) is 0 Å². The molecule has 4 fully saturated rings. The minimum Gasteiger partial charge on any atom is -0.455 e. The standard InChI is InChI=1S/C19H26O3/c1-10(2)18(21)22-19(8-11(3)20)9-14-7-15(19)17-13-5-4-12(6-13)16(14)17/h12-17H,1,4-9H2,2-3H3. The van der Waals surface area contributed by atoms with E-state index in [2.05, 4.69) is 6.58 Å². The highest BCUT2D eigenvalue weighted by atomic mass is 16.6. The lowest BCUT2D eigenvalue weighted by atomic mass is 9.64. The first kappa shape index (κ1) is 14.5. The normalized spacial score (nSPS) is 47.5. The summed E-state index contributed by atoms with van der Waals surface area (Å²) in [5, 5.41) is 0. The average molecular weight is 302 g/mol. The van der Waals surface area contributed by atoms with Gasteiger partial charge in [-0.3, -0.25) is 4.79 Å². The van der Waals surface area contributed by atoms with Crippen LogP contribution in [0.1, 0.15) is 52.4 Å². The third kappa shape index (κ3) is 1.87. The Bertz CT molecular complexity index is 551. The maximum absolute atomic E-state index is 12.2. The molecule has 22 heavy (non-hydrogen) atoms. The molecule has 4 aliphatic rings. The van der Waals surface area contributed by atoms with E-state index in [-0.39, 0.29) is 11.8 Å². The predicted octanol–water partition coefficient (Wildman–Crippen LogP) is 3.53. The second-order valence-corrected chi connectivity index (χ2v) is 8.41. The highest BCUT2D eigenvalue weighted by molar-refractivity contribution is 5.88. The molecule has 0 aromatic rings. The van der Waals surface area contributed by atoms with Crippen molar-refractivity contribution in [2.45, 2.75) is 58.0 Å². The molecule has 7 unspecified atom stereocenters. The predicted molar refractivity (Wildman–Crippen MR) is 83.0 cm³/mol. The number of hydrogen-bond donors (Lipinski definition) is 0. The fourth-order valence-corrected chi connectivity index (χ4v) is 6.75. The molecule has 0 N–H and O–H groups in total. The van der Waals surface area contributed by atoms with Gasteiger partial charge < -0.3 is 4.74 Å². The minimum atomic E-state index is -0.530. The Morgan fingerprint density at radius 3 is 2.41 bits per heavy atom. The van der Waals surface area contributed by atoms with Gasteiger partial charge in [-0.25, -0.2) is 4.79 Å². The van der Waals surface area contributed by atoms with Gasteiger partial charge in [-0.1, -0.05) is 6.58 Å². The molecule has 4 aliphatic carbocycles. The summed E-state index contributed by atoms with van der Waals surface area (Å²) in [5.41, 5.74) is -0.0896. The summed E-state index contributed by atoms with van der Waals surface area (Å²) in [4.78, 5) is 24.1. The van der Waals surface area contributed by atoms with Crippen molar-refractivity contribution in [1.82, 2.24) is 0 Å². The highest BCUT2D eigenvalue weighted by Crippen LogP contribution is 2.70. The van der Waals surface area contributed by atoms with Crippen molar-refractivity contribution in [3.05, 3.63) is 12.2 Å². The van der Waals surface area contributed by atoms with Gasteiger partial charge in [-0.2, -0.15) is 0 Å². The number of carbonyl (C=O) groups excluding carboxylic acids is 2. The molecule has 3 nitrogen and oxygen atoms in total.